The highest BCUT2D eigenvalue weighted by atomic mass is 16.5. The number of hydrogen-bond acceptors (Lipinski definition) is 5. The summed E-state index contributed by atoms with van der Waals surface area (Å²) in [5, 5.41) is 11.0. The maximum absolute atomic E-state index is 10.9. The van der Waals surface area contributed by atoms with Gasteiger partial charge in [0.2, 0.25) is 5.43 Å². The maximum Gasteiger partial charge on any atom is 0.207 e. The van der Waals surface area contributed by atoms with Gasteiger partial charge in [-0.15, -0.1) is 4.91 Å². The summed E-state index contributed by atoms with van der Waals surface area (Å²) < 4.78 is 0. The second-order valence-corrected chi connectivity index (χ2v) is 2.07. The molecule has 0 fully saturated rings. The van der Waals surface area contributed by atoms with Gasteiger partial charge in [0.1, 0.15) is 0 Å². The van der Waals surface area contributed by atoms with Gasteiger partial charge in [0.05, 0.1) is 5.69 Å². The molecule has 0 aliphatic heterocycles. The topological polar surface area (TPSA) is 78.8 Å². The molecule has 0 aromatic heterocycles. The molecule has 0 aliphatic carbocycles. The van der Waals surface area contributed by atoms with Crippen molar-refractivity contribution in [3.8, 4) is 0 Å². The van der Waals surface area contributed by atoms with Crippen molar-refractivity contribution < 1.29 is 5.21 Å². The second kappa shape index (κ2) is 3.59. The van der Waals surface area contributed by atoms with Crippen LogP contribution in [0.3, 0.4) is 0 Å². The SMILES string of the molecule is O=Nc1ccc(NO)ccc1=O. The molecule has 0 unspecified atom stereocenters. The van der Waals surface area contributed by atoms with E-state index in [9.17, 15) is 9.70 Å². The van der Waals surface area contributed by atoms with Crippen molar-refractivity contribution in [2.75, 3.05) is 5.48 Å². The van der Waals surface area contributed by atoms with E-state index in [0.29, 0.717) is 5.69 Å². The first kappa shape index (κ1) is 8.35. The Hall–Kier alpha value is -1.75. The van der Waals surface area contributed by atoms with Crippen LogP contribution < -0.4 is 10.9 Å². The largest absolute Gasteiger partial charge is 0.291 e. The Labute approximate surface area is 67.6 Å². The van der Waals surface area contributed by atoms with Gasteiger partial charge in [-0.3, -0.25) is 15.5 Å². The molecule has 0 heterocycles. The molecule has 5 nitrogen and oxygen atoms in total. The highest BCUT2D eigenvalue weighted by Gasteiger charge is 1.95. The minimum Gasteiger partial charge on any atom is -0.291 e. The van der Waals surface area contributed by atoms with Crippen molar-refractivity contribution in [2.45, 2.75) is 0 Å². The zero-order valence-corrected chi connectivity index (χ0v) is 6.02. The van der Waals surface area contributed by atoms with Crippen LogP contribution in [-0.2, 0) is 0 Å². The predicted molar refractivity (Wildman–Crippen MR) is 43.6 cm³/mol. The van der Waals surface area contributed by atoms with Crippen LogP contribution in [0.2, 0.25) is 0 Å². The minimum atomic E-state index is -0.480. The Balaban J connectivity index is 3.32. The average Bonchev–Trinajstić information content (AvgIpc) is 2.27. The van der Waals surface area contributed by atoms with Crippen LogP contribution >= 0.6 is 0 Å². The molecule has 1 aromatic rings. The van der Waals surface area contributed by atoms with Gasteiger partial charge in [0, 0.05) is 0 Å². The maximum atomic E-state index is 10.9. The van der Waals surface area contributed by atoms with Gasteiger partial charge in [-0.05, 0) is 29.4 Å². The van der Waals surface area contributed by atoms with Crippen molar-refractivity contribution in [3.05, 3.63) is 39.4 Å². The highest BCUT2D eigenvalue weighted by Crippen LogP contribution is 2.07. The van der Waals surface area contributed by atoms with E-state index < -0.39 is 5.43 Å². The highest BCUT2D eigenvalue weighted by molar-refractivity contribution is 5.46. The quantitative estimate of drug-likeness (QED) is 0.511. The molecule has 12 heavy (non-hydrogen) atoms. The summed E-state index contributed by atoms with van der Waals surface area (Å²) >= 11 is 0. The molecular weight excluding hydrogens is 160 g/mol. The fourth-order valence-corrected chi connectivity index (χ4v) is 0.707. The lowest BCUT2D eigenvalue weighted by Gasteiger charge is -1.88. The third-order valence-corrected chi connectivity index (χ3v) is 1.31. The van der Waals surface area contributed by atoms with E-state index in [0.717, 1.165) is 6.07 Å². The Kier molecular flexibility index (Phi) is 2.49. The third-order valence-electron chi connectivity index (χ3n) is 1.31. The Bertz CT molecular complexity index is 351. The molecular formula is C7H6N2O3. The number of nitrogens with zero attached hydrogens (tertiary/aromatic N) is 1. The van der Waals surface area contributed by atoms with Gasteiger partial charge < -0.3 is 0 Å². The molecule has 0 radical (unpaired) electrons. The van der Waals surface area contributed by atoms with Crippen LogP contribution in [0.15, 0.2) is 34.2 Å². The van der Waals surface area contributed by atoms with E-state index in [2.05, 4.69) is 5.18 Å². The second-order valence-electron chi connectivity index (χ2n) is 2.07. The summed E-state index contributed by atoms with van der Waals surface area (Å²) in [6, 6.07) is 5.10. The van der Waals surface area contributed by atoms with E-state index in [4.69, 9.17) is 5.21 Å². The first-order valence-electron chi connectivity index (χ1n) is 3.16. The van der Waals surface area contributed by atoms with Crippen LogP contribution in [-0.4, -0.2) is 5.21 Å². The van der Waals surface area contributed by atoms with Crippen molar-refractivity contribution in [3.63, 3.8) is 0 Å². The molecule has 1 rings (SSSR count). The summed E-state index contributed by atoms with van der Waals surface area (Å²) in [5.41, 5.74) is 1.50. The number of anilines is 1. The zero-order chi connectivity index (χ0) is 8.97. The van der Waals surface area contributed by atoms with Crippen LogP contribution in [0.25, 0.3) is 0 Å². The number of nitroso groups, excluding NO2 is 1. The van der Waals surface area contributed by atoms with Crippen molar-refractivity contribution in [2.24, 2.45) is 5.18 Å². The summed E-state index contributed by atoms with van der Waals surface area (Å²) in [6.07, 6.45) is 0. The van der Waals surface area contributed by atoms with E-state index >= 15 is 0 Å². The third kappa shape index (κ3) is 1.64. The van der Waals surface area contributed by atoms with Crippen molar-refractivity contribution >= 4 is 11.4 Å². The fourth-order valence-electron chi connectivity index (χ4n) is 0.707. The fraction of sp³-hybridized carbons (Fsp3) is 0. The van der Waals surface area contributed by atoms with Gasteiger partial charge in [-0.2, -0.15) is 0 Å². The van der Waals surface area contributed by atoms with Gasteiger partial charge in [-0.25, -0.2) is 0 Å². The Morgan fingerprint density at radius 1 is 1.25 bits per heavy atom. The van der Waals surface area contributed by atoms with E-state index in [1.54, 1.807) is 0 Å². The lowest BCUT2D eigenvalue weighted by Crippen LogP contribution is -1.91. The number of hydrogen-bond donors (Lipinski definition) is 2. The molecule has 0 atom stereocenters. The lowest BCUT2D eigenvalue weighted by molar-refractivity contribution is 0.389. The zero-order valence-electron chi connectivity index (χ0n) is 6.02. The molecule has 1 aromatic carbocycles. The van der Waals surface area contributed by atoms with Gasteiger partial charge >= 0.3 is 0 Å². The molecule has 2 N–H and O–H groups in total. The molecule has 0 spiro atoms. The number of rotatable bonds is 2. The Morgan fingerprint density at radius 2 is 1.92 bits per heavy atom. The van der Waals surface area contributed by atoms with Crippen molar-refractivity contribution in [1.29, 1.82) is 0 Å². The van der Waals surface area contributed by atoms with E-state index in [-0.39, 0.29) is 5.69 Å². The monoisotopic (exact) mass is 166 g/mol. The van der Waals surface area contributed by atoms with Crippen molar-refractivity contribution in [1.82, 2.24) is 0 Å². The molecule has 0 amide bonds. The van der Waals surface area contributed by atoms with Crippen LogP contribution in [0.4, 0.5) is 11.4 Å². The van der Waals surface area contributed by atoms with Crippen LogP contribution in [0, 0.1) is 4.91 Å². The number of nitrogens with one attached hydrogen (secondary N) is 1. The summed E-state index contributed by atoms with van der Waals surface area (Å²) in [6.45, 7) is 0. The van der Waals surface area contributed by atoms with Gasteiger partial charge in [0.25, 0.3) is 0 Å². The lowest BCUT2D eigenvalue weighted by atomic mass is 10.4. The first-order valence-corrected chi connectivity index (χ1v) is 3.16. The molecule has 0 bridgehead atoms. The van der Waals surface area contributed by atoms with Gasteiger partial charge in [-0.1, -0.05) is 0 Å². The van der Waals surface area contributed by atoms with E-state index in [1.165, 1.54) is 18.2 Å². The van der Waals surface area contributed by atoms with E-state index in [1.807, 2.05) is 5.48 Å². The normalized spacial score (nSPS) is 9.08. The summed E-state index contributed by atoms with van der Waals surface area (Å²) in [4.78, 5) is 20.9. The first-order chi connectivity index (χ1) is 5.77. The smallest absolute Gasteiger partial charge is 0.207 e. The molecule has 0 saturated heterocycles. The summed E-state index contributed by atoms with van der Waals surface area (Å²) in [5.74, 6) is 0. The van der Waals surface area contributed by atoms with Crippen LogP contribution in [0.5, 0.6) is 0 Å². The molecule has 62 valence electrons. The van der Waals surface area contributed by atoms with Crippen LogP contribution in [0.1, 0.15) is 0 Å². The van der Waals surface area contributed by atoms with Gasteiger partial charge in [0.15, 0.2) is 5.69 Å². The minimum absolute atomic E-state index is 0.184. The predicted octanol–water partition coefficient (Wildman–Crippen LogP) is 1.25. The average molecular weight is 166 g/mol. The standard InChI is InChI=1S/C7H6N2O3/c10-7-4-2-5(8-11)1-3-6(7)9-12/h1-4,8,11H. The molecule has 0 aliphatic rings. The summed E-state index contributed by atoms with van der Waals surface area (Å²) in [7, 11) is 0. The molecule has 0 saturated carbocycles. The molecule has 5 heteroatoms. The Morgan fingerprint density at radius 3 is 2.50 bits per heavy atom.